The summed E-state index contributed by atoms with van der Waals surface area (Å²) in [5.41, 5.74) is 1.21. The first-order valence-corrected chi connectivity index (χ1v) is 6.20. The first-order valence-electron chi connectivity index (χ1n) is 4.89. The van der Waals surface area contributed by atoms with E-state index in [0.717, 1.165) is 11.4 Å². The van der Waals surface area contributed by atoms with Crippen LogP contribution in [0.15, 0.2) is 29.2 Å². The average molecular weight is 209 g/mol. The Labute approximate surface area is 87.4 Å². The molecule has 1 unspecified atom stereocenters. The maximum atomic E-state index is 11.9. The molecule has 0 spiro atoms. The Balaban J connectivity index is 2.33. The zero-order chi connectivity index (χ0) is 10.1. The zero-order valence-corrected chi connectivity index (χ0v) is 9.38. The van der Waals surface area contributed by atoms with E-state index >= 15 is 0 Å². The van der Waals surface area contributed by atoms with Gasteiger partial charge in [0.15, 0.2) is 0 Å². The van der Waals surface area contributed by atoms with Crippen LogP contribution in [0.5, 0.6) is 0 Å². The van der Waals surface area contributed by atoms with E-state index in [1.807, 2.05) is 18.2 Å². The smallest absolute Gasteiger partial charge is 0.0800 e. The summed E-state index contributed by atoms with van der Waals surface area (Å²) >= 11 is 0. The minimum Gasteiger partial charge on any atom is -0.285 e. The van der Waals surface area contributed by atoms with Gasteiger partial charge in [0, 0.05) is 17.5 Å². The third-order valence-electron chi connectivity index (χ3n) is 2.60. The molecule has 1 aliphatic rings. The van der Waals surface area contributed by atoms with Gasteiger partial charge in [-0.15, -0.1) is 0 Å². The van der Waals surface area contributed by atoms with Crippen molar-refractivity contribution >= 4 is 10.8 Å². The van der Waals surface area contributed by atoms with Crippen LogP contribution in [0.25, 0.3) is 0 Å². The highest BCUT2D eigenvalue weighted by molar-refractivity contribution is 7.85. The van der Waals surface area contributed by atoms with E-state index in [-0.39, 0.29) is 0 Å². The third-order valence-corrected chi connectivity index (χ3v) is 4.06. The minimum atomic E-state index is -0.840. The predicted octanol–water partition coefficient (Wildman–Crippen LogP) is 1.98. The highest BCUT2D eigenvalue weighted by Gasteiger charge is 2.22. The van der Waals surface area contributed by atoms with Gasteiger partial charge in [-0.05, 0) is 25.5 Å². The Morgan fingerprint density at radius 3 is 2.79 bits per heavy atom. The van der Waals surface area contributed by atoms with Crippen molar-refractivity contribution in [1.29, 1.82) is 0 Å². The van der Waals surface area contributed by atoms with Crippen LogP contribution >= 0.6 is 0 Å². The molecule has 1 heterocycles. The van der Waals surface area contributed by atoms with E-state index in [1.54, 1.807) is 0 Å². The van der Waals surface area contributed by atoms with Gasteiger partial charge in [0.25, 0.3) is 0 Å². The molecule has 1 atom stereocenters. The van der Waals surface area contributed by atoms with Gasteiger partial charge < -0.3 is 0 Å². The van der Waals surface area contributed by atoms with Crippen LogP contribution in [0, 0.1) is 0 Å². The highest BCUT2D eigenvalue weighted by atomic mass is 32.2. The van der Waals surface area contributed by atoms with Crippen LogP contribution in [0.4, 0.5) is 0 Å². The Bertz CT molecular complexity index is 362. The fourth-order valence-corrected chi connectivity index (χ4v) is 3.16. The van der Waals surface area contributed by atoms with E-state index in [1.165, 1.54) is 5.56 Å². The van der Waals surface area contributed by atoms with Crippen molar-refractivity contribution < 1.29 is 4.21 Å². The van der Waals surface area contributed by atoms with Gasteiger partial charge in [0.2, 0.25) is 0 Å². The lowest BCUT2D eigenvalue weighted by Crippen LogP contribution is -2.36. The van der Waals surface area contributed by atoms with Crippen LogP contribution < -0.4 is 0 Å². The van der Waals surface area contributed by atoms with Crippen molar-refractivity contribution in [3.63, 3.8) is 0 Å². The Kier molecular flexibility index (Phi) is 2.70. The molecule has 2 nitrogen and oxygen atoms in total. The second kappa shape index (κ2) is 3.83. The van der Waals surface area contributed by atoms with Crippen molar-refractivity contribution in [2.24, 2.45) is 0 Å². The standard InChI is InChI=1S/C11H15NOS/c1-9(2)12-7-10-5-3-4-6-11(10)14(13)8-12/h3-6,9H,7-8H2,1-2H3. The molecular weight excluding hydrogens is 194 g/mol. The highest BCUT2D eigenvalue weighted by Crippen LogP contribution is 2.23. The first kappa shape index (κ1) is 9.87. The maximum absolute atomic E-state index is 11.9. The number of hydrogen-bond acceptors (Lipinski definition) is 2. The molecule has 0 N–H and O–H groups in total. The summed E-state index contributed by atoms with van der Waals surface area (Å²) in [4.78, 5) is 3.27. The van der Waals surface area contributed by atoms with Crippen molar-refractivity contribution in [1.82, 2.24) is 4.90 Å². The quantitative estimate of drug-likeness (QED) is 0.705. The second-order valence-corrected chi connectivity index (χ2v) is 5.31. The molecule has 3 heteroatoms. The Morgan fingerprint density at radius 1 is 1.36 bits per heavy atom. The zero-order valence-electron chi connectivity index (χ0n) is 8.56. The largest absolute Gasteiger partial charge is 0.285 e. The van der Waals surface area contributed by atoms with Gasteiger partial charge in [-0.3, -0.25) is 9.11 Å². The Hall–Kier alpha value is -0.670. The van der Waals surface area contributed by atoms with Crippen LogP contribution in [0.3, 0.4) is 0 Å². The van der Waals surface area contributed by atoms with Gasteiger partial charge in [-0.25, -0.2) is 0 Å². The molecule has 0 radical (unpaired) electrons. The summed E-state index contributed by atoms with van der Waals surface area (Å²) in [6.07, 6.45) is 0. The topological polar surface area (TPSA) is 20.3 Å². The number of benzene rings is 1. The summed E-state index contributed by atoms with van der Waals surface area (Å²) in [5.74, 6) is 0.675. The molecule has 0 saturated heterocycles. The van der Waals surface area contributed by atoms with Crippen LogP contribution in [-0.4, -0.2) is 21.0 Å². The van der Waals surface area contributed by atoms with Crippen molar-refractivity contribution in [3.8, 4) is 0 Å². The predicted molar refractivity (Wildman–Crippen MR) is 58.4 cm³/mol. The van der Waals surface area contributed by atoms with Gasteiger partial charge >= 0.3 is 0 Å². The molecule has 0 fully saturated rings. The fraction of sp³-hybridized carbons (Fsp3) is 0.455. The van der Waals surface area contributed by atoms with Gasteiger partial charge in [-0.2, -0.15) is 0 Å². The molecular formula is C11H15NOS. The SMILES string of the molecule is CC(C)N1Cc2ccccc2S(=O)C1. The van der Waals surface area contributed by atoms with Crippen LogP contribution in [-0.2, 0) is 17.3 Å². The van der Waals surface area contributed by atoms with Gasteiger partial charge in [0.1, 0.15) is 0 Å². The summed E-state index contributed by atoms with van der Waals surface area (Å²) < 4.78 is 11.9. The summed E-state index contributed by atoms with van der Waals surface area (Å²) in [7, 11) is -0.840. The molecule has 1 aromatic carbocycles. The maximum Gasteiger partial charge on any atom is 0.0800 e. The minimum absolute atomic E-state index is 0.465. The van der Waals surface area contributed by atoms with E-state index in [0.29, 0.717) is 11.9 Å². The summed E-state index contributed by atoms with van der Waals surface area (Å²) in [6, 6.07) is 8.49. The van der Waals surface area contributed by atoms with Gasteiger partial charge in [-0.1, -0.05) is 18.2 Å². The van der Waals surface area contributed by atoms with E-state index in [4.69, 9.17) is 0 Å². The van der Waals surface area contributed by atoms with Crippen molar-refractivity contribution in [2.45, 2.75) is 31.3 Å². The normalized spacial score (nSPS) is 22.4. The van der Waals surface area contributed by atoms with E-state index in [2.05, 4.69) is 24.8 Å². The number of rotatable bonds is 1. The van der Waals surface area contributed by atoms with Gasteiger partial charge in [0.05, 0.1) is 16.7 Å². The molecule has 0 bridgehead atoms. The average Bonchev–Trinajstić information content (AvgIpc) is 2.17. The third kappa shape index (κ3) is 1.74. The lowest BCUT2D eigenvalue weighted by atomic mass is 10.2. The summed E-state index contributed by atoms with van der Waals surface area (Å²) in [6.45, 7) is 5.22. The number of hydrogen-bond donors (Lipinski definition) is 0. The molecule has 0 aromatic heterocycles. The molecule has 2 rings (SSSR count). The Morgan fingerprint density at radius 2 is 2.07 bits per heavy atom. The number of nitrogens with zero attached hydrogens (tertiary/aromatic N) is 1. The molecule has 0 aliphatic carbocycles. The molecule has 1 aromatic rings. The summed E-state index contributed by atoms with van der Waals surface area (Å²) in [5, 5.41) is 0. The van der Waals surface area contributed by atoms with Crippen molar-refractivity contribution in [2.75, 3.05) is 5.88 Å². The second-order valence-electron chi connectivity index (χ2n) is 3.92. The molecule has 14 heavy (non-hydrogen) atoms. The van der Waals surface area contributed by atoms with E-state index < -0.39 is 10.8 Å². The first-order chi connectivity index (χ1) is 6.68. The fourth-order valence-electron chi connectivity index (χ4n) is 1.67. The lowest BCUT2D eigenvalue weighted by Gasteiger charge is -2.30. The molecule has 0 saturated carbocycles. The van der Waals surface area contributed by atoms with E-state index in [9.17, 15) is 4.21 Å². The van der Waals surface area contributed by atoms with Crippen LogP contribution in [0.2, 0.25) is 0 Å². The molecule has 0 amide bonds. The van der Waals surface area contributed by atoms with Crippen LogP contribution in [0.1, 0.15) is 19.4 Å². The molecule has 76 valence electrons. The lowest BCUT2D eigenvalue weighted by molar-refractivity contribution is 0.244. The monoisotopic (exact) mass is 209 g/mol. The van der Waals surface area contributed by atoms with Crippen molar-refractivity contribution in [3.05, 3.63) is 29.8 Å². The molecule has 1 aliphatic heterocycles. The number of fused-ring (bicyclic) bond motifs is 1.